The van der Waals surface area contributed by atoms with Gasteiger partial charge >= 0.3 is 0 Å². The van der Waals surface area contributed by atoms with Gasteiger partial charge in [0.15, 0.2) is 0 Å². The Hall–Kier alpha value is -2.30. The second-order valence-electron chi connectivity index (χ2n) is 6.69. The molecule has 24 heavy (non-hydrogen) atoms. The average Bonchev–Trinajstić information content (AvgIpc) is 2.80. The topological polar surface area (TPSA) is 56.0 Å². The van der Waals surface area contributed by atoms with Crippen LogP contribution in [0, 0.1) is 12.8 Å². The summed E-state index contributed by atoms with van der Waals surface area (Å²) >= 11 is 0. The molecule has 1 heterocycles. The molecular formula is C19H25N3O2. The lowest BCUT2D eigenvalue weighted by molar-refractivity contribution is -0.117. The Morgan fingerprint density at radius 1 is 1.17 bits per heavy atom. The number of rotatable bonds is 4. The van der Waals surface area contributed by atoms with E-state index >= 15 is 0 Å². The molecule has 0 aliphatic heterocycles. The van der Waals surface area contributed by atoms with Gasteiger partial charge in [0.25, 0.3) is 5.56 Å². The number of aromatic nitrogens is 2. The summed E-state index contributed by atoms with van der Waals surface area (Å²) in [6, 6.07) is 9.47. The van der Waals surface area contributed by atoms with Crippen molar-refractivity contribution in [2.45, 2.75) is 45.4 Å². The molecule has 0 saturated heterocycles. The predicted molar refractivity (Wildman–Crippen MR) is 95.6 cm³/mol. The average molecular weight is 327 g/mol. The zero-order valence-electron chi connectivity index (χ0n) is 14.4. The molecule has 1 N–H and O–H groups in total. The minimum absolute atomic E-state index is 0.0482. The van der Waals surface area contributed by atoms with Crippen LogP contribution in [0.15, 0.2) is 35.1 Å². The number of amides is 1. The number of carbonyl (C=O) groups is 1. The van der Waals surface area contributed by atoms with Crippen LogP contribution in [0.1, 0.15) is 44.2 Å². The summed E-state index contributed by atoms with van der Waals surface area (Å²) in [4.78, 5) is 25.1. The fourth-order valence-electron chi connectivity index (χ4n) is 3.56. The summed E-state index contributed by atoms with van der Waals surface area (Å²) in [5, 5.41) is 2.86. The number of nitrogens with one attached hydrogen (secondary N) is 1. The first-order valence-electron chi connectivity index (χ1n) is 8.72. The second-order valence-corrected chi connectivity index (χ2v) is 6.69. The van der Waals surface area contributed by atoms with E-state index in [0.29, 0.717) is 18.0 Å². The number of carbonyl (C=O) groups excluding carboxylic acids is 1. The van der Waals surface area contributed by atoms with E-state index in [2.05, 4.69) is 5.32 Å². The summed E-state index contributed by atoms with van der Waals surface area (Å²) in [6.45, 7) is 1.86. The zero-order chi connectivity index (χ0) is 17.1. The number of nitrogens with zero attached hydrogens (tertiary/aromatic N) is 2. The van der Waals surface area contributed by atoms with Crippen LogP contribution in [-0.4, -0.2) is 15.3 Å². The highest BCUT2D eigenvalue weighted by Crippen LogP contribution is 2.26. The van der Waals surface area contributed by atoms with E-state index in [-0.39, 0.29) is 11.5 Å². The summed E-state index contributed by atoms with van der Waals surface area (Å²) < 4.78 is 3.37. The molecule has 1 saturated carbocycles. The summed E-state index contributed by atoms with van der Waals surface area (Å²) in [5.74, 6) is 0.409. The van der Waals surface area contributed by atoms with Gasteiger partial charge in [0.1, 0.15) is 5.69 Å². The van der Waals surface area contributed by atoms with Crippen LogP contribution >= 0.6 is 0 Å². The van der Waals surface area contributed by atoms with Crippen molar-refractivity contribution >= 4 is 11.6 Å². The van der Waals surface area contributed by atoms with E-state index in [0.717, 1.165) is 24.2 Å². The van der Waals surface area contributed by atoms with Crippen molar-refractivity contribution in [3.63, 3.8) is 0 Å². The Bertz CT molecular complexity index is 768. The van der Waals surface area contributed by atoms with Crippen LogP contribution in [-0.2, 0) is 11.8 Å². The predicted octanol–water partition coefficient (Wildman–Crippen LogP) is 3.39. The molecule has 1 fully saturated rings. The van der Waals surface area contributed by atoms with Crippen molar-refractivity contribution in [3.8, 4) is 5.69 Å². The van der Waals surface area contributed by atoms with E-state index in [9.17, 15) is 9.59 Å². The molecule has 2 aromatic rings. The fourth-order valence-corrected chi connectivity index (χ4v) is 3.56. The minimum Gasteiger partial charge on any atom is -0.320 e. The Kier molecular flexibility index (Phi) is 4.88. The Balaban J connectivity index is 1.81. The lowest BCUT2D eigenvalue weighted by atomic mass is 9.87. The molecular weight excluding hydrogens is 302 g/mol. The van der Waals surface area contributed by atoms with Crippen LogP contribution in [0.2, 0.25) is 0 Å². The molecule has 5 heteroatoms. The van der Waals surface area contributed by atoms with E-state index in [1.165, 1.54) is 19.3 Å². The molecule has 0 unspecified atom stereocenters. The summed E-state index contributed by atoms with van der Waals surface area (Å²) in [6.07, 6.45) is 6.45. The smallest absolute Gasteiger partial charge is 0.295 e. The molecule has 0 spiro atoms. The molecule has 1 aliphatic carbocycles. The Morgan fingerprint density at radius 2 is 1.83 bits per heavy atom. The summed E-state index contributed by atoms with van der Waals surface area (Å²) in [7, 11) is 1.83. The molecule has 0 bridgehead atoms. The van der Waals surface area contributed by atoms with Crippen molar-refractivity contribution in [1.82, 2.24) is 9.36 Å². The lowest BCUT2D eigenvalue weighted by Gasteiger charge is -2.20. The van der Waals surface area contributed by atoms with Crippen molar-refractivity contribution in [2.24, 2.45) is 13.0 Å². The molecule has 128 valence electrons. The van der Waals surface area contributed by atoms with Gasteiger partial charge in [0.2, 0.25) is 5.91 Å². The largest absolute Gasteiger partial charge is 0.320 e. The number of hydrogen-bond acceptors (Lipinski definition) is 2. The van der Waals surface area contributed by atoms with Gasteiger partial charge in [-0.3, -0.25) is 14.3 Å². The lowest BCUT2D eigenvalue weighted by Crippen LogP contribution is -2.24. The van der Waals surface area contributed by atoms with E-state index < -0.39 is 0 Å². The highest BCUT2D eigenvalue weighted by atomic mass is 16.2. The maximum Gasteiger partial charge on any atom is 0.295 e. The third kappa shape index (κ3) is 3.30. The van der Waals surface area contributed by atoms with Crippen LogP contribution in [0.5, 0.6) is 0 Å². The van der Waals surface area contributed by atoms with Gasteiger partial charge < -0.3 is 5.32 Å². The zero-order valence-corrected chi connectivity index (χ0v) is 14.4. The van der Waals surface area contributed by atoms with Crippen LogP contribution in [0.4, 0.5) is 5.69 Å². The van der Waals surface area contributed by atoms with Gasteiger partial charge in [-0.15, -0.1) is 0 Å². The first-order valence-corrected chi connectivity index (χ1v) is 8.72. The molecule has 0 atom stereocenters. The van der Waals surface area contributed by atoms with Crippen LogP contribution in [0.25, 0.3) is 5.69 Å². The molecule has 1 aliphatic rings. The van der Waals surface area contributed by atoms with Crippen molar-refractivity contribution < 1.29 is 4.79 Å². The van der Waals surface area contributed by atoms with Crippen molar-refractivity contribution in [2.75, 3.05) is 5.32 Å². The van der Waals surface area contributed by atoms with E-state index in [1.54, 1.807) is 9.36 Å². The third-order valence-electron chi connectivity index (χ3n) is 5.02. The minimum atomic E-state index is -0.182. The van der Waals surface area contributed by atoms with Gasteiger partial charge in [-0.25, -0.2) is 4.68 Å². The first kappa shape index (κ1) is 16.6. The standard InChI is InChI=1S/C19H25N3O2/c1-14-18(20-17(23)13-15-9-5-3-6-10-15)19(24)22(21(14)2)16-11-7-4-8-12-16/h4,7-8,11-12,15H,3,5-6,9-10,13H2,1-2H3,(H,20,23). The SMILES string of the molecule is Cc1c(NC(=O)CC2CCCCC2)c(=O)n(-c2ccccc2)n1C. The number of anilines is 1. The maximum absolute atomic E-state index is 12.8. The van der Waals surface area contributed by atoms with Crippen LogP contribution in [0.3, 0.4) is 0 Å². The van der Waals surface area contributed by atoms with Gasteiger partial charge in [0, 0.05) is 13.5 Å². The van der Waals surface area contributed by atoms with Gasteiger partial charge in [0.05, 0.1) is 11.4 Å². The number of hydrogen-bond donors (Lipinski definition) is 1. The van der Waals surface area contributed by atoms with Gasteiger partial charge in [-0.2, -0.15) is 0 Å². The number of benzene rings is 1. The number of para-hydroxylation sites is 1. The molecule has 1 aromatic heterocycles. The molecule has 1 aromatic carbocycles. The normalized spacial score (nSPS) is 15.4. The molecule has 1 amide bonds. The van der Waals surface area contributed by atoms with Crippen LogP contribution < -0.4 is 10.9 Å². The highest BCUT2D eigenvalue weighted by molar-refractivity contribution is 5.91. The fraction of sp³-hybridized carbons (Fsp3) is 0.474. The molecule has 3 rings (SSSR count). The summed E-state index contributed by atoms with van der Waals surface area (Å²) in [5.41, 5.74) is 1.77. The van der Waals surface area contributed by atoms with E-state index in [4.69, 9.17) is 0 Å². The molecule has 5 nitrogen and oxygen atoms in total. The van der Waals surface area contributed by atoms with E-state index in [1.807, 2.05) is 44.3 Å². The van der Waals surface area contributed by atoms with Gasteiger partial charge in [-0.1, -0.05) is 37.5 Å². The second kappa shape index (κ2) is 7.07. The third-order valence-corrected chi connectivity index (χ3v) is 5.02. The first-order chi connectivity index (χ1) is 11.6. The van der Waals surface area contributed by atoms with Crippen molar-refractivity contribution in [1.29, 1.82) is 0 Å². The Morgan fingerprint density at radius 3 is 2.50 bits per heavy atom. The maximum atomic E-state index is 12.8. The monoisotopic (exact) mass is 327 g/mol. The quantitative estimate of drug-likeness (QED) is 0.936. The molecule has 0 radical (unpaired) electrons. The van der Waals surface area contributed by atoms with Crippen molar-refractivity contribution in [3.05, 3.63) is 46.4 Å². The highest BCUT2D eigenvalue weighted by Gasteiger charge is 2.21. The van der Waals surface area contributed by atoms with Gasteiger partial charge in [-0.05, 0) is 37.8 Å². The Labute approximate surface area is 142 Å².